The minimum absolute atomic E-state index is 0.525. The van der Waals surface area contributed by atoms with E-state index >= 15 is 0 Å². The standard InChI is InChI=1S/C16H24/c1-5-9-14(10-6-2)16(13(3)4)15-11-7-8-12-15/h5-6,9-10,15-16H,1,3,7-8,11-12H2,2,4H3/b10-6-,14-9+. The quantitative estimate of drug-likeness (QED) is 0.445. The van der Waals surface area contributed by atoms with Crippen molar-refractivity contribution in [3.8, 4) is 0 Å². The van der Waals surface area contributed by atoms with Gasteiger partial charge in [0.25, 0.3) is 0 Å². The lowest BCUT2D eigenvalue weighted by Gasteiger charge is -2.25. The summed E-state index contributed by atoms with van der Waals surface area (Å²) in [4.78, 5) is 0. The van der Waals surface area contributed by atoms with Crippen LogP contribution in [0.2, 0.25) is 0 Å². The van der Waals surface area contributed by atoms with Gasteiger partial charge in [0.15, 0.2) is 0 Å². The fourth-order valence-corrected chi connectivity index (χ4v) is 2.84. The van der Waals surface area contributed by atoms with Crippen molar-refractivity contribution < 1.29 is 0 Å². The Morgan fingerprint density at radius 3 is 2.38 bits per heavy atom. The molecule has 0 radical (unpaired) electrons. The first kappa shape index (κ1) is 13.0. The molecule has 1 fully saturated rings. The normalized spacial score (nSPS) is 20.2. The molecule has 0 nitrogen and oxygen atoms in total. The number of hydrogen-bond donors (Lipinski definition) is 0. The number of hydrogen-bond acceptors (Lipinski definition) is 0. The van der Waals surface area contributed by atoms with Crippen LogP contribution in [0.4, 0.5) is 0 Å². The maximum Gasteiger partial charge on any atom is 0.00708 e. The first-order chi connectivity index (χ1) is 7.70. The van der Waals surface area contributed by atoms with Gasteiger partial charge in [-0.15, -0.1) is 0 Å². The molecule has 0 aliphatic heterocycles. The van der Waals surface area contributed by atoms with Crippen molar-refractivity contribution in [3.63, 3.8) is 0 Å². The zero-order valence-corrected chi connectivity index (χ0v) is 10.7. The molecule has 1 aliphatic carbocycles. The SMILES string of the molecule is C=C/C=C(\C=C/C)C(C(=C)C)C1CCCC1. The Morgan fingerprint density at radius 2 is 1.94 bits per heavy atom. The van der Waals surface area contributed by atoms with Gasteiger partial charge in [-0.1, -0.05) is 55.9 Å². The van der Waals surface area contributed by atoms with Crippen LogP contribution < -0.4 is 0 Å². The van der Waals surface area contributed by atoms with Gasteiger partial charge in [0.1, 0.15) is 0 Å². The van der Waals surface area contributed by atoms with E-state index in [0.29, 0.717) is 5.92 Å². The summed E-state index contributed by atoms with van der Waals surface area (Å²) in [5.41, 5.74) is 2.66. The van der Waals surface area contributed by atoms with E-state index in [0.717, 1.165) is 5.92 Å². The zero-order chi connectivity index (χ0) is 12.0. The van der Waals surface area contributed by atoms with Crippen LogP contribution in [0.3, 0.4) is 0 Å². The van der Waals surface area contributed by atoms with Gasteiger partial charge in [-0.25, -0.2) is 0 Å². The van der Waals surface area contributed by atoms with Crippen LogP contribution in [0, 0.1) is 11.8 Å². The second-order valence-electron chi connectivity index (χ2n) is 4.77. The molecule has 0 saturated heterocycles. The summed E-state index contributed by atoms with van der Waals surface area (Å²) in [5.74, 6) is 1.32. The third-order valence-corrected chi connectivity index (χ3v) is 3.43. The average molecular weight is 216 g/mol. The van der Waals surface area contributed by atoms with Crippen LogP contribution in [0.1, 0.15) is 39.5 Å². The maximum absolute atomic E-state index is 4.18. The highest BCUT2D eigenvalue weighted by Gasteiger charge is 2.26. The molecule has 0 bridgehead atoms. The molecular weight excluding hydrogens is 192 g/mol. The van der Waals surface area contributed by atoms with E-state index in [-0.39, 0.29) is 0 Å². The molecule has 0 heteroatoms. The fourth-order valence-electron chi connectivity index (χ4n) is 2.84. The van der Waals surface area contributed by atoms with E-state index in [4.69, 9.17) is 0 Å². The summed E-state index contributed by atoms with van der Waals surface area (Å²) in [7, 11) is 0. The highest BCUT2D eigenvalue weighted by Crippen LogP contribution is 2.39. The van der Waals surface area contributed by atoms with Crippen LogP contribution in [0.15, 0.2) is 48.6 Å². The van der Waals surface area contributed by atoms with Gasteiger partial charge in [-0.3, -0.25) is 0 Å². The van der Waals surface area contributed by atoms with E-state index < -0.39 is 0 Å². The molecule has 1 rings (SSSR count). The highest BCUT2D eigenvalue weighted by molar-refractivity contribution is 5.31. The van der Waals surface area contributed by atoms with Gasteiger partial charge in [0.05, 0.1) is 0 Å². The summed E-state index contributed by atoms with van der Waals surface area (Å²) in [6, 6.07) is 0. The molecule has 1 saturated carbocycles. The van der Waals surface area contributed by atoms with Crippen molar-refractivity contribution >= 4 is 0 Å². The van der Waals surface area contributed by atoms with Gasteiger partial charge < -0.3 is 0 Å². The van der Waals surface area contributed by atoms with Crippen molar-refractivity contribution in [2.75, 3.05) is 0 Å². The van der Waals surface area contributed by atoms with Crippen LogP contribution in [-0.4, -0.2) is 0 Å². The Balaban J connectivity index is 2.93. The minimum Gasteiger partial charge on any atom is -0.0995 e. The molecule has 0 aromatic heterocycles. The number of rotatable bonds is 5. The van der Waals surface area contributed by atoms with Gasteiger partial charge in [0.2, 0.25) is 0 Å². The van der Waals surface area contributed by atoms with Crippen molar-refractivity contribution in [2.45, 2.75) is 39.5 Å². The minimum atomic E-state index is 0.525. The molecular formula is C16H24. The summed E-state index contributed by atoms with van der Waals surface area (Å²) in [6.45, 7) is 12.2. The zero-order valence-electron chi connectivity index (χ0n) is 10.7. The fraction of sp³-hybridized carbons (Fsp3) is 0.500. The van der Waals surface area contributed by atoms with Gasteiger partial charge in [-0.2, -0.15) is 0 Å². The largest absolute Gasteiger partial charge is 0.0995 e. The smallest absolute Gasteiger partial charge is 0.00708 e. The summed E-state index contributed by atoms with van der Waals surface area (Å²) in [5, 5.41) is 0. The Bertz CT molecular complexity index is 298. The molecule has 0 amide bonds. The molecule has 88 valence electrons. The van der Waals surface area contributed by atoms with Gasteiger partial charge in [0, 0.05) is 5.92 Å². The Hall–Kier alpha value is -1.04. The van der Waals surface area contributed by atoms with Crippen LogP contribution in [-0.2, 0) is 0 Å². The predicted molar refractivity (Wildman–Crippen MR) is 73.4 cm³/mol. The lowest BCUT2D eigenvalue weighted by atomic mass is 9.80. The van der Waals surface area contributed by atoms with E-state index in [9.17, 15) is 0 Å². The molecule has 0 aromatic carbocycles. The van der Waals surface area contributed by atoms with Crippen molar-refractivity contribution in [1.29, 1.82) is 0 Å². The van der Waals surface area contributed by atoms with E-state index in [1.165, 1.54) is 36.8 Å². The molecule has 1 aliphatic rings. The van der Waals surface area contributed by atoms with Gasteiger partial charge >= 0.3 is 0 Å². The average Bonchev–Trinajstić information content (AvgIpc) is 2.71. The van der Waals surface area contributed by atoms with Crippen molar-refractivity contribution in [2.24, 2.45) is 11.8 Å². The van der Waals surface area contributed by atoms with Crippen molar-refractivity contribution in [3.05, 3.63) is 48.6 Å². The van der Waals surface area contributed by atoms with Crippen molar-refractivity contribution in [1.82, 2.24) is 0 Å². The lowest BCUT2D eigenvalue weighted by Crippen LogP contribution is -2.14. The second kappa shape index (κ2) is 6.52. The van der Waals surface area contributed by atoms with E-state index in [2.05, 4.69) is 45.2 Å². The molecule has 1 atom stereocenters. The first-order valence-corrected chi connectivity index (χ1v) is 6.31. The third-order valence-electron chi connectivity index (χ3n) is 3.43. The number of allylic oxidation sites excluding steroid dienone is 6. The van der Waals surface area contributed by atoms with Crippen LogP contribution in [0.25, 0.3) is 0 Å². The van der Waals surface area contributed by atoms with E-state index in [1.54, 1.807) is 0 Å². The van der Waals surface area contributed by atoms with Crippen LogP contribution >= 0.6 is 0 Å². The summed E-state index contributed by atoms with van der Waals surface area (Å²) < 4.78 is 0. The van der Waals surface area contributed by atoms with E-state index in [1.807, 2.05) is 6.08 Å². The second-order valence-corrected chi connectivity index (χ2v) is 4.77. The summed E-state index contributed by atoms with van der Waals surface area (Å²) >= 11 is 0. The lowest BCUT2D eigenvalue weighted by molar-refractivity contribution is 0.441. The summed E-state index contributed by atoms with van der Waals surface area (Å²) in [6.07, 6.45) is 13.8. The molecule has 0 heterocycles. The Labute approximate surface area is 100 Å². The molecule has 1 unspecified atom stereocenters. The Kier molecular flexibility index (Phi) is 5.31. The predicted octanol–water partition coefficient (Wildman–Crippen LogP) is 5.06. The third kappa shape index (κ3) is 3.23. The van der Waals surface area contributed by atoms with Gasteiger partial charge in [-0.05, 0) is 38.2 Å². The first-order valence-electron chi connectivity index (χ1n) is 6.31. The topological polar surface area (TPSA) is 0 Å². The maximum atomic E-state index is 4.18. The monoisotopic (exact) mass is 216 g/mol. The molecule has 0 spiro atoms. The van der Waals surface area contributed by atoms with Crippen LogP contribution in [0.5, 0.6) is 0 Å². The highest BCUT2D eigenvalue weighted by atomic mass is 14.3. The Morgan fingerprint density at radius 1 is 1.31 bits per heavy atom. The molecule has 16 heavy (non-hydrogen) atoms. The molecule has 0 aromatic rings. The molecule has 0 N–H and O–H groups in total.